The van der Waals surface area contributed by atoms with Crippen molar-refractivity contribution < 1.29 is 13.2 Å². The Morgan fingerprint density at radius 1 is 1.47 bits per heavy atom. The van der Waals surface area contributed by atoms with Crippen molar-refractivity contribution in [1.29, 1.82) is 0 Å². The summed E-state index contributed by atoms with van der Waals surface area (Å²) in [6.07, 6.45) is 4.11. The Labute approximate surface area is 109 Å². The molecule has 1 unspecified atom stereocenters. The van der Waals surface area contributed by atoms with Gasteiger partial charge in [0, 0.05) is 16.9 Å². The second kappa shape index (κ2) is 5.14. The van der Waals surface area contributed by atoms with E-state index in [1.54, 1.807) is 13.1 Å². The van der Waals surface area contributed by atoms with Gasteiger partial charge in [0.25, 0.3) is 0 Å². The number of halogens is 1. The molecule has 1 heterocycles. The molecule has 1 amide bonds. The Kier molecular flexibility index (Phi) is 4.26. The number of carbonyl (C=O) groups is 1. The minimum absolute atomic E-state index is 0.500. The van der Waals surface area contributed by atoms with E-state index in [-0.39, 0.29) is 0 Å². The summed E-state index contributed by atoms with van der Waals surface area (Å²) in [6.45, 7) is 3.15. The van der Waals surface area contributed by atoms with Crippen molar-refractivity contribution in [3.63, 3.8) is 0 Å². The van der Waals surface area contributed by atoms with Gasteiger partial charge in [-0.15, -0.1) is 0 Å². The second-order valence-electron chi connectivity index (χ2n) is 3.75. The third kappa shape index (κ3) is 3.50. The number of rotatable bonds is 3. The number of carbonyl (C=O) groups excluding carboxylic acids is 1. The highest BCUT2D eigenvalue weighted by Gasteiger charge is 2.24. The molecule has 1 aromatic heterocycles. The van der Waals surface area contributed by atoms with Gasteiger partial charge in [0.05, 0.1) is 11.9 Å². The van der Waals surface area contributed by atoms with Gasteiger partial charge >= 0.3 is 0 Å². The topological polar surface area (TPSA) is 76.1 Å². The molecule has 0 aliphatic heterocycles. The van der Waals surface area contributed by atoms with Crippen molar-refractivity contribution in [2.45, 2.75) is 19.1 Å². The molecule has 7 heteroatoms. The van der Waals surface area contributed by atoms with E-state index in [0.29, 0.717) is 5.69 Å². The quantitative estimate of drug-likeness (QED) is 0.916. The maximum Gasteiger partial charge on any atom is 0.242 e. The van der Waals surface area contributed by atoms with Gasteiger partial charge in [0.15, 0.2) is 9.84 Å². The van der Waals surface area contributed by atoms with Gasteiger partial charge in [-0.1, -0.05) is 0 Å². The molecule has 1 aromatic rings. The Bertz CT molecular complexity index is 542. The van der Waals surface area contributed by atoms with Gasteiger partial charge in [0.1, 0.15) is 5.25 Å². The lowest BCUT2D eigenvalue weighted by atomic mass is 10.2. The predicted octanol–water partition coefficient (Wildman–Crippen LogP) is 1.52. The highest BCUT2D eigenvalue weighted by atomic mass is 79.9. The number of sulfone groups is 1. The van der Waals surface area contributed by atoms with E-state index in [1.165, 1.54) is 13.1 Å². The molecule has 1 rings (SSSR count). The fourth-order valence-corrected chi connectivity index (χ4v) is 1.83. The first kappa shape index (κ1) is 14.1. The van der Waals surface area contributed by atoms with Crippen LogP contribution in [0.3, 0.4) is 0 Å². The molecule has 94 valence electrons. The molecule has 0 saturated heterocycles. The number of pyridine rings is 1. The predicted molar refractivity (Wildman–Crippen MR) is 69.6 cm³/mol. The monoisotopic (exact) mass is 320 g/mol. The lowest BCUT2D eigenvalue weighted by Crippen LogP contribution is -2.32. The van der Waals surface area contributed by atoms with E-state index < -0.39 is 21.0 Å². The standard InChI is InChI=1S/C10H13BrN2O3S/c1-6-8(11)4-12-5-9(6)13-10(14)7(2)17(3,15)16/h4-5,7H,1-3H3,(H,13,14). The summed E-state index contributed by atoms with van der Waals surface area (Å²) in [6, 6.07) is 0. The van der Waals surface area contributed by atoms with E-state index >= 15 is 0 Å². The summed E-state index contributed by atoms with van der Waals surface area (Å²) < 4.78 is 23.2. The molecule has 0 spiro atoms. The van der Waals surface area contributed by atoms with Crippen LogP contribution in [0.4, 0.5) is 5.69 Å². The number of hydrogen-bond donors (Lipinski definition) is 1. The van der Waals surface area contributed by atoms with E-state index in [4.69, 9.17) is 0 Å². The molecule has 0 fully saturated rings. The summed E-state index contributed by atoms with van der Waals surface area (Å²) in [4.78, 5) is 15.6. The molecule has 17 heavy (non-hydrogen) atoms. The maximum atomic E-state index is 11.7. The average Bonchev–Trinajstić information content (AvgIpc) is 2.22. The molecule has 0 aliphatic rings. The fourth-order valence-electron chi connectivity index (χ4n) is 1.05. The van der Waals surface area contributed by atoms with E-state index in [0.717, 1.165) is 16.3 Å². The minimum atomic E-state index is -3.39. The lowest BCUT2D eigenvalue weighted by Gasteiger charge is -2.12. The molecule has 1 atom stereocenters. The van der Waals surface area contributed by atoms with Gasteiger partial charge in [-0.25, -0.2) is 8.42 Å². The molecule has 1 N–H and O–H groups in total. The van der Waals surface area contributed by atoms with Gasteiger partial charge in [-0.3, -0.25) is 9.78 Å². The fraction of sp³-hybridized carbons (Fsp3) is 0.400. The first-order valence-electron chi connectivity index (χ1n) is 4.83. The molecule has 0 radical (unpaired) electrons. The summed E-state index contributed by atoms with van der Waals surface area (Å²) in [5, 5.41) is 1.46. The van der Waals surface area contributed by atoms with Crippen LogP contribution in [0.5, 0.6) is 0 Å². The zero-order valence-electron chi connectivity index (χ0n) is 9.69. The van der Waals surface area contributed by atoms with Gasteiger partial charge in [-0.05, 0) is 35.3 Å². The number of aromatic nitrogens is 1. The number of nitrogens with one attached hydrogen (secondary N) is 1. The molecule has 0 bridgehead atoms. The number of amides is 1. The first-order valence-corrected chi connectivity index (χ1v) is 7.58. The average molecular weight is 321 g/mol. The van der Waals surface area contributed by atoms with Gasteiger partial charge < -0.3 is 5.32 Å². The zero-order chi connectivity index (χ0) is 13.2. The lowest BCUT2D eigenvalue weighted by molar-refractivity contribution is -0.115. The van der Waals surface area contributed by atoms with Crippen molar-refractivity contribution in [2.24, 2.45) is 0 Å². The third-order valence-corrected chi connectivity index (χ3v) is 4.72. The maximum absolute atomic E-state index is 11.7. The SMILES string of the molecule is Cc1c(Br)cncc1NC(=O)C(C)S(C)(=O)=O. The van der Waals surface area contributed by atoms with Crippen LogP contribution in [0.15, 0.2) is 16.9 Å². The largest absolute Gasteiger partial charge is 0.323 e. The van der Waals surface area contributed by atoms with E-state index in [2.05, 4.69) is 26.2 Å². The first-order chi connectivity index (χ1) is 7.73. The van der Waals surface area contributed by atoms with Crippen LogP contribution in [-0.4, -0.2) is 30.8 Å². The molecular weight excluding hydrogens is 308 g/mol. The Balaban J connectivity index is 2.93. The zero-order valence-corrected chi connectivity index (χ0v) is 12.1. The summed E-state index contributed by atoms with van der Waals surface area (Å²) in [7, 11) is -3.39. The molecule has 0 saturated carbocycles. The van der Waals surface area contributed by atoms with Gasteiger partial charge in [0.2, 0.25) is 5.91 Å². The van der Waals surface area contributed by atoms with Crippen LogP contribution < -0.4 is 5.32 Å². The molecular formula is C10H13BrN2O3S. The molecule has 0 aliphatic carbocycles. The van der Waals surface area contributed by atoms with Crippen molar-refractivity contribution in [3.05, 3.63) is 22.4 Å². The van der Waals surface area contributed by atoms with Crippen LogP contribution in [0.25, 0.3) is 0 Å². The minimum Gasteiger partial charge on any atom is -0.323 e. The third-order valence-electron chi connectivity index (χ3n) is 2.42. The second-order valence-corrected chi connectivity index (χ2v) is 6.98. The van der Waals surface area contributed by atoms with Crippen molar-refractivity contribution in [3.8, 4) is 0 Å². The highest BCUT2D eigenvalue weighted by Crippen LogP contribution is 2.22. The van der Waals surface area contributed by atoms with Crippen molar-refractivity contribution >= 4 is 37.4 Å². The van der Waals surface area contributed by atoms with Crippen LogP contribution in [0.2, 0.25) is 0 Å². The Hall–Kier alpha value is -0.950. The Morgan fingerprint density at radius 3 is 2.59 bits per heavy atom. The van der Waals surface area contributed by atoms with Crippen molar-refractivity contribution in [2.75, 3.05) is 11.6 Å². The summed E-state index contributed by atoms with van der Waals surface area (Å²) >= 11 is 3.28. The summed E-state index contributed by atoms with van der Waals surface area (Å²) in [5.41, 5.74) is 1.30. The molecule has 5 nitrogen and oxygen atoms in total. The highest BCUT2D eigenvalue weighted by molar-refractivity contribution is 9.10. The van der Waals surface area contributed by atoms with Crippen LogP contribution in [-0.2, 0) is 14.6 Å². The Morgan fingerprint density at radius 2 is 2.06 bits per heavy atom. The molecule has 0 aromatic carbocycles. The van der Waals surface area contributed by atoms with Crippen LogP contribution in [0.1, 0.15) is 12.5 Å². The van der Waals surface area contributed by atoms with Crippen LogP contribution in [0, 0.1) is 6.92 Å². The van der Waals surface area contributed by atoms with Crippen LogP contribution >= 0.6 is 15.9 Å². The number of anilines is 1. The van der Waals surface area contributed by atoms with E-state index in [9.17, 15) is 13.2 Å². The number of nitrogens with zero attached hydrogens (tertiary/aromatic N) is 1. The van der Waals surface area contributed by atoms with Gasteiger partial charge in [-0.2, -0.15) is 0 Å². The van der Waals surface area contributed by atoms with E-state index in [1.807, 2.05) is 0 Å². The normalized spacial score (nSPS) is 13.2. The summed E-state index contributed by atoms with van der Waals surface area (Å²) in [5.74, 6) is -0.560. The smallest absolute Gasteiger partial charge is 0.242 e. The van der Waals surface area contributed by atoms with Crippen molar-refractivity contribution in [1.82, 2.24) is 4.98 Å². The number of hydrogen-bond acceptors (Lipinski definition) is 4.